The monoisotopic (exact) mass is 203 g/mol. The van der Waals surface area contributed by atoms with Crippen molar-refractivity contribution in [3.63, 3.8) is 0 Å². The molecule has 3 heteroatoms. The summed E-state index contributed by atoms with van der Waals surface area (Å²) in [6.45, 7) is 7.35. The SMILES string of the molecule is Cc1ccc2c(c1)nc(N)n2CC(C)C. The Balaban J connectivity index is 2.58. The van der Waals surface area contributed by atoms with Gasteiger partial charge in [0.1, 0.15) is 0 Å². The van der Waals surface area contributed by atoms with Crippen molar-refractivity contribution in [1.82, 2.24) is 9.55 Å². The van der Waals surface area contributed by atoms with Crippen LogP contribution in [0.2, 0.25) is 0 Å². The maximum Gasteiger partial charge on any atom is 0.201 e. The fourth-order valence-electron chi connectivity index (χ4n) is 1.82. The van der Waals surface area contributed by atoms with Gasteiger partial charge in [0.05, 0.1) is 11.0 Å². The molecule has 2 N–H and O–H groups in total. The Hall–Kier alpha value is -1.51. The molecule has 0 atom stereocenters. The van der Waals surface area contributed by atoms with Crippen molar-refractivity contribution >= 4 is 17.0 Å². The molecular formula is C12H17N3. The number of imidazole rings is 1. The Kier molecular flexibility index (Phi) is 2.39. The zero-order valence-electron chi connectivity index (χ0n) is 9.49. The van der Waals surface area contributed by atoms with Crippen molar-refractivity contribution in [2.75, 3.05) is 5.73 Å². The lowest BCUT2D eigenvalue weighted by atomic mass is 10.2. The summed E-state index contributed by atoms with van der Waals surface area (Å²) in [5, 5.41) is 0. The van der Waals surface area contributed by atoms with Crippen molar-refractivity contribution in [3.05, 3.63) is 23.8 Å². The van der Waals surface area contributed by atoms with E-state index in [1.807, 2.05) is 0 Å². The van der Waals surface area contributed by atoms with Crippen molar-refractivity contribution in [3.8, 4) is 0 Å². The van der Waals surface area contributed by atoms with E-state index in [4.69, 9.17) is 5.73 Å². The summed E-state index contributed by atoms with van der Waals surface area (Å²) < 4.78 is 2.08. The predicted octanol–water partition coefficient (Wildman–Crippen LogP) is 2.58. The number of nitrogens with zero attached hydrogens (tertiary/aromatic N) is 2. The molecule has 0 aliphatic rings. The molecule has 2 aromatic rings. The average Bonchev–Trinajstić information content (AvgIpc) is 2.41. The normalized spacial score (nSPS) is 11.5. The molecule has 0 aliphatic heterocycles. The van der Waals surface area contributed by atoms with E-state index in [0.717, 1.165) is 17.6 Å². The van der Waals surface area contributed by atoms with Crippen LogP contribution in [0.4, 0.5) is 5.95 Å². The summed E-state index contributed by atoms with van der Waals surface area (Å²) in [6, 6.07) is 6.26. The number of rotatable bonds is 2. The summed E-state index contributed by atoms with van der Waals surface area (Å²) in [4.78, 5) is 4.37. The number of aryl methyl sites for hydroxylation is 1. The van der Waals surface area contributed by atoms with Gasteiger partial charge in [0.2, 0.25) is 5.95 Å². The predicted molar refractivity (Wildman–Crippen MR) is 63.7 cm³/mol. The first kappa shape index (κ1) is 10.0. The lowest BCUT2D eigenvalue weighted by Gasteiger charge is -2.08. The van der Waals surface area contributed by atoms with Crippen molar-refractivity contribution < 1.29 is 0 Å². The number of fused-ring (bicyclic) bond motifs is 1. The molecule has 1 heterocycles. The Morgan fingerprint density at radius 3 is 2.80 bits per heavy atom. The lowest BCUT2D eigenvalue weighted by molar-refractivity contribution is 0.538. The molecule has 1 aromatic heterocycles. The third-order valence-electron chi connectivity index (χ3n) is 2.48. The second-order valence-corrected chi connectivity index (χ2v) is 4.47. The third kappa shape index (κ3) is 1.82. The van der Waals surface area contributed by atoms with E-state index in [-0.39, 0.29) is 0 Å². The molecule has 0 amide bonds. The number of nitrogen functional groups attached to an aromatic ring is 1. The molecule has 0 saturated heterocycles. The van der Waals surface area contributed by atoms with Gasteiger partial charge in [-0.1, -0.05) is 19.9 Å². The molecule has 3 nitrogen and oxygen atoms in total. The quantitative estimate of drug-likeness (QED) is 0.815. The van der Waals surface area contributed by atoms with Crippen LogP contribution in [-0.2, 0) is 6.54 Å². The molecule has 0 aliphatic carbocycles. The van der Waals surface area contributed by atoms with Crippen LogP contribution >= 0.6 is 0 Å². The molecule has 0 radical (unpaired) electrons. The lowest BCUT2D eigenvalue weighted by Crippen LogP contribution is -2.07. The summed E-state index contributed by atoms with van der Waals surface area (Å²) in [5.41, 5.74) is 9.25. The van der Waals surface area contributed by atoms with Gasteiger partial charge < -0.3 is 10.3 Å². The smallest absolute Gasteiger partial charge is 0.201 e. The standard InChI is InChI=1S/C12H17N3/c1-8(2)7-15-11-5-4-9(3)6-10(11)14-12(15)13/h4-6,8H,7H2,1-3H3,(H2,13,14). The number of hydrogen-bond acceptors (Lipinski definition) is 2. The topological polar surface area (TPSA) is 43.8 Å². The zero-order valence-corrected chi connectivity index (χ0v) is 9.49. The van der Waals surface area contributed by atoms with E-state index in [2.05, 4.69) is 48.5 Å². The van der Waals surface area contributed by atoms with Gasteiger partial charge in [0.15, 0.2) is 0 Å². The van der Waals surface area contributed by atoms with Crippen LogP contribution in [0, 0.1) is 12.8 Å². The first-order valence-corrected chi connectivity index (χ1v) is 5.30. The Labute approximate surface area is 89.9 Å². The first-order chi connectivity index (χ1) is 7.08. The largest absolute Gasteiger partial charge is 0.369 e. The first-order valence-electron chi connectivity index (χ1n) is 5.30. The van der Waals surface area contributed by atoms with E-state index in [0.29, 0.717) is 11.9 Å². The number of aromatic nitrogens is 2. The average molecular weight is 203 g/mol. The van der Waals surface area contributed by atoms with Crippen molar-refractivity contribution in [1.29, 1.82) is 0 Å². The Bertz CT molecular complexity index is 483. The highest BCUT2D eigenvalue weighted by Crippen LogP contribution is 2.20. The highest BCUT2D eigenvalue weighted by molar-refractivity contribution is 5.79. The van der Waals surface area contributed by atoms with Gasteiger partial charge in [-0.3, -0.25) is 0 Å². The van der Waals surface area contributed by atoms with E-state index < -0.39 is 0 Å². The molecule has 80 valence electrons. The molecule has 0 fully saturated rings. The molecule has 1 aromatic carbocycles. The number of benzene rings is 1. The molecular weight excluding hydrogens is 186 g/mol. The maximum absolute atomic E-state index is 5.90. The maximum atomic E-state index is 5.90. The van der Waals surface area contributed by atoms with Crippen LogP contribution in [0.5, 0.6) is 0 Å². The Morgan fingerprint density at radius 2 is 2.13 bits per heavy atom. The van der Waals surface area contributed by atoms with Crippen molar-refractivity contribution in [2.24, 2.45) is 5.92 Å². The van der Waals surface area contributed by atoms with Crippen molar-refractivity contribution in [2.45, 2.75) is 27.3 Å². The van der Waals surface area contributed by atoms with Gasteiger partial charge in [0.25, 0.3) is 0 Å². The van der Waals surface area contributed by atoms with E-state index in [1.54, 1.807) is 0 Å². The van der Waals surface area contributed by atoms with Gasteiger partial charge in [0, 0.05) is 6.54 Å². The number of hydrogen-bond donors (Lipinski definition) is 1. The molecule has 0 bridgehead atoms. The van der Waals surface area contributed by atoms with Gasteiger partial charge in [-0.05, 0) is 30.5 Å². The van der Waals surface area contributed by atoms with Gasteiger partial charge >= 0.3 is 0 Å². The molecule has 0 saturated carbocycles. The van der Waals surface area contributed by atoms with Crippen LogP contribution in [0.1, 0.15) is 19.4 Å². The fourth-order valence-corrected chi connectivity index (χ4v) is 1.82. The van der Waals surface area contributed by atoms with E-state index in [1.165, 1.54) is 5.56 Å². The second-order valence-electron chi connectivity index (χ2n) is 4.47. The van der Waals surface area contributed by atoms with Gasteiger partial charge in [-0.15, -0.1) is 0 Å². The van der Waals surface area contributed by atoms with E-state index >= 15 is 0 Å². The fraction of sp³-hybridized carbons (Fsp3) is 0.417. The molecule has 0 unspecified atom stereocenters. The summed E-state index contributed by atoms with van der Waals surface area (Å²) >= 11 is 0. The highest BCUT2D eigenvalue weighted by Gasteiger charge is 2.08. The van der Waals surface area contributed by atoms with Crippen LogP contribution in [0.25, 0.3) is 11.0 Å². The minimum Gasteiger partial charge on any atom is -0.369 e. The summed E-state index contributed by atoms with van der Waals surface area (Å²) in [7, 11) is 0. The van der Waals surface area contributed by atoms with E-state index in [9.17, 15) is 0 Å². The summed E-state index contributed by atoms with van der Waals surface area (Å²) in [5.74, 6) is 1.19. The minimum atomic E-state index is 0.575. The van der Waals surface area contributed by atoms with Gasteiger partial charge in [-0.25, -0.2) is 4.98 Å². The zero-order chi connectivity index (χ0) is 11.0. The van der Waals surface area contributed by atoms with Gasteiger partial charge in [-0.2, -0.15) is 0 Å². The van der Waals surface area contributed by atoms with Crippen LogP contribution in [-0.4, -0.2) is 9.55 Å². The molecule has 0 spiro atoms. The molecule has 2 rings (SSSR count). The van der Waals surface area contributed by atoms with Crippen LogP contribution in [0.15, 0.2) is 18.2 Å². The number of anilines is 1. The molecule has 15 heavy (non-hydrogen) atoms. The Morgan fingerprint density at radius 1 is 1.40 bits per heavy atom. The number of nitrogens with two attached hydrogens (primary N) is 1. The second kappa shape index (κ2) is 3.57. The van der Waals surface area contributed by atoms with Crippen LogP contribution in [0.3, 0.4) is 0 Å². The van der Waals surface area contributed by atoms with Crippen LogP contribution < -0.4 is 5.73 Å². The minimum absolute atomic E-state index is 0.575. The third-order valence-corrected chi connectivity index (χ3v) is 2.48. The highest BCUT2D eigenvalue weighted by atomic mass is 15.1. The summed E-state index contributed by atoms with van der Waals surface area (Å²) in [6.07, 6.45) is 0.